The summed E-state index contributed by atoms with van der Waals surface area (Å²) in [5, 5.41) is 3.91. The van der Waals surface area contributed by atoms with Gasteiger partial charge in [-0.25, -0.2) is 4.79 Å². The summed E-state index contributed by atoms with van der Waals surface area (Å²) in [6.45, 7) is 6.66. The molecule has 0 saturated heterocycles. The van der Waals surface area contributed by atoms with E-state index in [9.17, 15) is 4.79 Å². The van der Waals surface area contributed by atoms with Crippen LogP contribution in [0.15, 0.2) is 47.0 Å². The Hall–Kier alpha value is -3.55. The molecule has 3 aromatic rings. The molecule has 8 nitrogen and oxygen atoms in total. The third kappa shape index (κ3) is 5.08. The Labute approximate surface area is 174 Å². The van der Waals surface area contributed by atoms with Gasteiger partial charge in [0.1, 0.15) is 0 Å². The lowest BCUT2D eigenvalue weighted by atomic mass is 10.2. The molecule has 0 N–H and O–H groups in total. The molecule has 30 heavy (non-hydrogen) atoms. The summed E-state index contributed by atoms with van der Waals surface area (Å²) in [5.41, 5.74) is 1.08. The largest absolute Gasteiger partial charge is 0.490 e. The number of rotatable bonds is 10. The summed E-state index contributed by atoms with van der Waals surface area (Å²) in [6, 6.07) is 12.5. The predicted octanol–water partition coefficient (Wildman–Crippen LogP) is 4.29. The molecule has 2 aromatic carbocycles. The van der Waals surface area contributed by atoms with Crippen molar-refractivity contribution < 1.29 is 28.3 Å². The normalized spacial score (nSPS) is 10.5. The molecule has 0 radical (unpaired) electrons. The fourth-order valence-corrected chi connectivity index (χ4v) is 2.74. The molecular formula is C22H24N2O6. The topological polar surface area (TPSA) is 92.9 Å². The van der Waals surface area contributed by atoms with Gasteiger partial charge in [0, 0.05) is 5.56 Å². The van der Waals surface area contributed by atoms with Crippen LogP contribution in [-0.2, 0) is 11.3 Å². The first-order chi connectivity index (χ1) is 14.7. The lowest BCUT2D eigenvalue weighted by Crippen LogP contribution is -2.09. The second kappa shape index (κ2) is 10.3. The standard InChI is InChI=1S/C22H24N2O6/c1-4-26-17-12-16(13-18(27-5-2)20(17)28-6-3)22(25)29-14-19-23-21(24-30-19)15-10-8-7-9-11-15/h7-13H,4-6,14H2,1-3H3. The van der Waals surface area contributed by atoms with Crippen molar-refractivity contribution in [2.45, 2.75) is 27.4 Å². The zero-order valence-electron chi connectivity index (χ0n) is 17.2. The summed E-state index contributed by atoms with van der Waals surface area (Å²) in [6.07, 6.45) is 0. The molecular weight excluding hydrogens is 388 g/mol. The van der Waals surface area contributed by atoms with Crippen LogP contribution in [0.25, 0.3) is 11.4 Å². The summed E-state index contributed by atoms with van der Waals surface area (Å²) in [7, 11) is 0. The van der Waals surface area contributed by atoms with Gasteiger partial charge in [-0.2, -0.15) is 4.98 Å². The first-order valence-corrected chi connectivity index (χ1v) is 9.77. The molecule has 0 bridgehead atoms. The van der Waals surface area contributed by atoms with Crippen molar-refractivity contribution >= 4 is 5.97 Å². The van der Waals surface area contributed by atoms with E-state index in [0.29, 0.717) is 42.9 Å². The van der Waals surface area contributed by atoms with E-state index in [2.05, 4.69) is 10.1 Å². The monoisotopic (exact) mass is 412 g/mol. The molecule has 1 aromatic heterocycles. The number of carbonyl (C=O) groups is 1. The predicted molar refractivity (Wildman–Crippen MR) is 109 cm³/mol. The maximum Gasteiger partial charge on any atom is 0.338 e. The quantitative estimate of drug-likeness (QED) is 0.455. The van der Waals surface area contributed by atoms with E-state index in [-0.39, 0.29) is 18.1 Å². The van der Waals surface area contributed by atoms with Crippen LogP contribution in [0.2, 0.25) is 0 Å². The molecule has 0 aliphatic carbocycles. The van der Waals surface area contributed by atoms with Gasteiger partial charge in [-0.1, -0.05) is 35.5 Å². The highest BCUT2D eigenvalue weighted by Crippen LogP contribution is 2.39. The molecule has 0 saturated carbocycles. The second-order valence-electron chi connectivity index (χ2n) is 6.05. The highest BCUT2D eigenvalue weighted by molar-refractivity contribution is 5.91. The van der Waals surface area contributed by atoms with Gasteiger partial charge in [0.25, 0.3) is 5.89 Å². The average Bonchev–Trinajstić information content (AvgIpc) is 3.24. The van der Waals surface area contributed by atoms with E-state index < -0.39 is 5.97 Å². The Morgan fingerprint density at radius 2 is 1.57 bits per heavy atom. The maximum atomic E-state index is 12.6. The molecule has 0 amide bonds. The summed E-state index contributed by atoms with van der Waals surface area (Å²) < 4.78 is 27.4. The van der Waals surface area contributed by atoms with E-state index >= 15 is 0 Å². The summed E-state index contributed by atoms with van der Waals surface area (Å²) >= 11 is 0. The number of hydrogen-bond acceptors (Lipinski definition) is 8. The second-order valence-corrected chi connectivity index (χ2v) is 6.05. The third-order valence-corrected chi connectivity index (χ3v) is 3.97. The van der Waals surface area contributed by atoms with Crippen LogP contribution in [0.1, 0.15) is 37.0 Å². The minimum absolute atomic E-state index is 0.153. The maximum absolute atomic E-state index is 12.6. The molecule has 8 heteroatoms. The molecule has 0 unspecified atom stereocenters. The van der Waals surface area contributed by atoms with Gasteiger partial charge in [-0.05, 0) is 32.9 Å². The fraction of sp³-hybridized carbons (Fsp3) is 0.318. The number of nitrogens with zero attached hydrogens (tertiary/aromatic N) is 2. The van der Waals surface area contributed by atoms with Crippen molar-refractivity contribution in [1.29, 1.82) is 0 Å². The SMILES string of the molecule is CCOc1cc(C(=O)OCc2nc(-c3ccccc3)no2)cc(OCC)c1OCC. The van der Waals surface area contributed by atoms with Gasteiger partial charge in [0.05, 0.1) is 25.4 Å². The van der Waals surface area contributed by atoms with Crippen LogP contribution in [0.3, 0.4) is 0 Å². The Kier molecular flexibility index (Phi) is 7.26. The lowest BCUT2D eigenvalue weighted by molar-refractivity contribution is 0.0428. The van der Waals surface area contributed by atoms with E-state index in [1.54, 1.807) is 12.1 Å². The molecule has 3 rings (SSSR count). The van der Waals surface area contributed by atoms with Crippen molar-refractivity contribution in [3.05, 3.63) is 53.9 Å². The van der Waals surface area contributed by atoms with Crippen LogP contribution < -0.4 is 14.2 Å². The number of carbonyl (C=O) groups excluding carboxylic acids is 1. The van der Waals surface area contributed by atoms with E-state index in [1.165, 1.54) is 0 Å². The number of esters is 1. The van der Waals surface area contributed by atoms with Gasteiger partial charge >= 0.3 is 5.97 Å². The molecule has 0 fully saturated rings. The van der Waals surface area contributed by atoms with Gasteiger partial charge in [0.15, 0.2) is 18.1 Å². The van der Waals surface area contributed by atoms with Crippen molar-refractivity contribution in [3.8, 4) is 28.6 Å². The molecule has 0 spiro atoms. The van der Waals surface area contributed by atoms with Gasteiger partial charge < -0.3 is 23.5 Å². The zero-order valence-corrected chi connectivity index (χ0v) is 17.2. The molecule has 0 atom stereocenters. The Morgan fingerprint density at radius 3 is 2.17 bits per heavy atom. The lowest BCUT2D eigenvalue weighted by Gasteiger charge is -2.16. The number of hydrogen-bond donors (Lipinski definition) is 0. The Bertz CT molecular complexity index is 944. The van der Waals surface area contributed by atoms with Crippen molar-refractivity contribution in [3.63, 3.8) is 0 Å². The van der Waals surface area contributed by atoms with Crippen molar-refractivity contribution in [2.24, 2.45) is 0 Å². The van der Waals surface area contributed by atoms with Crippen LogP contribution in [0.5, 0.6) is 17.2 Å². The smallest absolute Gasteiger partial charge is 0.338 e. The molecule has 0 aliphatic rings. The fourth-order valence-electron chi connectivity index (χ4n) is 2.74. The number of aromatic nitrogens is 2. The average molecular weight is 412 g/mol. The van der Waals surface area contributed by atoms with Crippen molar-refractivity contribution in [2.75, 3.05) is 19.8 Å². The van der Waals surface area contributed by atoms with Gasteiger partial charge in [-0.3, -0.25) is 0 Å². The van der Waals surface area contributed by atoms with Crippen LogP contribution in [-0.4, -0.2) is 35.9 Å². The van der Waals surface area contributed by atoms with E-state index in [4.69, 9.17) is 23.5 Å². The first-order valence-electron chi connectivity index (χ1n) is 9.77. The molecule has 1 heterocycles. The summed E-state index contributed by atoms with van der Waals surface area (Å²) in [4.78, 5) is 16.9. The number of benzene rings is 2. The minimum Gasteiger partial charge on any atom is -0.490 e. The van der Waals surface area contributed by atoms with E-state index in [1.807, 2.05) is 51.1 Å². The van der Waals surface area contributed by atoms with E-state index in [0.717, 1.165) is 5.56 Å². The molecule has 0 aliphatic heterocycles. The summed E-state index contributed by atoms with van der Waals surface area (Å²) in [5.74, 6) is 1.35. The van der Waals surface area contributed by atoms with Gasteiger partial charge in [0.2, 0.25) is 11.6 Å². The highest BCUT2D eigenvalue weighted by Gasteiger charge is 2.20. The zero-order chi connectivity index (χ0) is 21.3. The minimum atomic E-state index is -0.570. The van der Waals surface area contributed by atoms with Crippen LogP contribution >= 0.6 is 0 Å². The first kappa shape index (κ1) is 21.2. The van der Waals surface area contributed by atoms with Crippen molar-refractivity contribution in [1.82, 2.24) is 10.1 Å². The number of ether oxygens (including phenoxy) is 4. The van der Waals surface area contributed by atoms with Crippen LogP contribution in [0, 0.1) is 0 Å². The van der Waals surface area contributed by atoms with Crippen LogP contribution in [0.4, 0.5) is 0 Å². The Morgan fingerprint density at radius 1 is 0.933 bits per heavy atom. The highest BCUT2D eigenvalue weighted by atomic mass is 16.6. The van der Waals surface area contributed by atoms with Gasteiger partial charge in [-0.15, -0.1) is 0 Å². The third-order valence-electron chi connectivity index (χ3n) is 3.97. The Balaban J connectivity index is 1.75. The molecule has 158 valence electrons.